The van der Waals surface area contributed by atoms with Gasteiger partial charge in [0, 0.05) is 37.7 Å². The van der Waals surface area contributed by atoms with Crippen LogP contribution in [0, 0.1) is 11.8 Å². The first-order chi connectivity index (χ1) is 15.2. The molecule has 0 aliphatic carbocycles. The van der Waals surface area contributed by atoms with Crippen LogP contribution in [0.25, 0.3) is 11.1 Å². The molecule has 0 radical (unpaired) electrons. The number of carbonyl (C=O) groups is 2. The third kappa shape index (κ3) is 5.46. The standard InChI is InChI=1S/C23H31ClN4O4/c1-23(2,3)32-22(30)28-11-8-16(14-28)20(29)25-13-15-6-9-27(10-7-15)21-26-18-12-17(24)4-5-19(18)31-21/h4-5,12,15-16H,6-11,13-14H2,1-3H3,(H,25,29). The van der Waals surface area contributed by atoms with Crippen molar-refractivity contribution in [1.29, 1.82) is 0 Å². The third-order valence-electron chi connectivity index (χ3n) is 6.00. The van der Waals surface area contributed by atoms with Crippen molar-refractivity contribution in [3.05, 3.63) is 23.2 Å². The van der Waals surface area contributed by atoms with Gasteiger partial charge in [-0.15, -0.1) is 0 Å². The highest BCUT2D eigenvalue weighted by atomic mass is 35.5. The Hall–Kier alpha value is -2.48. The summed E-state index contributed by atoms with van der Waals surface area (Å²) in [5.74, 6) is 0.265. The number of ether oxygens (including phenoxy) is 1. The lowest BCUT2D eigenvalue weighted by Crippen LogP contribution is -2.41. The normalized spacial score (nSPS) is 20.1. The van der Waals surface area contributed by atoms with Gasteiger partial charge < -0.3 is 24.3 Å². The first-order valence-electron chi connectivity index (χ1n) is 11.2. The Kier molecular flexibility index (Phi) is 6.51. The molecule has 8 nitrogen and oxygen atoms in total. The number of hydrogen-bond acceptors (Lipinski definition) is 6. The van der Waals surface area contributed by atoms with E-state index in [1.165, 1.54) is 0 Å². The number of nitrogens with one attached hydrogen (secondary N) is 1. The summed E-state index contributed by atoms with van der Waals surface area (Å²) in [5.41, 5.74) is 0.965. The van der Waals surface area contributed by atoms with E-state index in [1.807, 2.05) is 26.8 Å². The number of hydrogen-bond donors (Lipinski definition) is 1. The number of benzene rings is 1. The Balaban J connectivity index is 1.21. The summed E-state index contributed by atoms with van der Waals surface area (Å²) >= 11 is 6.03. The monoisotopic (exact) mass is 462 g/mol. The predicted molar refractivity (Wildman–Crippen MR) is 123 cm³/mol. The van der Waals surface area contributed by atoms with Gasteiger partial charge in [-0.05, 0) is 64.2 Å². The number of fused-ring (bicyclic) bond motifs is 1. The smallest absolute Gasteiger partial charge is 0.410 e. The number of halogens is 1. The number of rotatable bonds is 4. The molecule has 0 spiro atoms. The zero-order valence-electron chi connectivity index (χ0n) is 18.9. The van der Waals surface area contributed by atoms with Gasteiger partial charge in [0.2, 0.25) is 5.91 Å². The van der Waals surface area contributed by atoms with Gasteiger partial charge in [0.25, 0.3) is 6.01 Å². The van der Waals surface area contributed by atoms with Crippen molar-refractivity contribution in [2.45, 2.75) is 45.6 Å². The molecule has 1 aromatic carbocycles. The number of likely N-dealkylation sites (tertiary alicyclic amines) is 1. The van der Waals surface area contributed by atoms with E-state index in [-0.39, 0.29) is 17.9 Å². The van der Waals surface area contributed by atoms with Crippen LogP contribution >= 0.6 is 11.6 Å². The van der Waals surface area contributed by atoms with Gasteiger partial charge in [0.05, 0.1) is 5.92 Å². The van der Waals surface area contributed by atoms with E-state index in [1.54, 1.807) is 17.0 Å². The Bertz CT molecular complexity index is 978. The van der Waals surface area contributed by atoms with Crippen molar-refractivity contribution < 1.29 is 18.7 Å². The number of amides is 2. The molecule has 1 atom stereocenters. The second kappa shape index (κ2) is 9.17. The van der Waals surface area contributed by atoms with Gasteiger partial charge in [-0.2, -0.15) is 4.98 Å². The maximum absolute atomic E-state index is 12.6. The molecule has 2 amide bonds. The van der Waals surface area contributed by atoms with Crippen molar-refractivity contribution in [2.75, 3.05) is 37.6 Å². The second-order valence-corrected chi connectivity index (χ2v) is 10.1. The zero-order chi connectivity index (χ0) is 22.9. The van der Waals surface area contributed by atoms with Crippen LogP contribution in [0.1, 0.15) is 40.0 Å². The fourth-order valence-electron chi connectivity index (χ4n) is 4.21. The molecule has 2 aromatic rings. The van der Waals surface area contributed by atoms with Crippen LogP contribution in [0.5, 0.6) is 0 Å². The molecule has 1 aromatic heterocycles. The molecule has 32 heavy (non-hydrogen) atoms. The van der Waals surface area contributed by atoms with Gasteiger partial charge in [-0.1, -0.05) is 11.6 Å². The van der Waals surface area contributed by atoms with Crippen LogP contribution < -0.4 is 10.2 Å². The first kappa shape index (κ1) is 22.7. The van der Waals surface area contributed by atoms with Crippen LogP contribution in [-0.4, -0.2) is 60.2 Å². The van der Waals surface area contributed by atoms with E-state index in [4.69, 9.17) is 20.8 Å². The van der Waals surface area contributed by atoms with E-state index in [0.717, 1.165) is 37.0 Å². The first-order valence-corrected chi connectivity index (χ1v) is 11.6. The van der Waals surface area contributed by atoms with E-state index in [9.17, 15) is 9.59 Å². The largest absolute Gasteiger partial charge is 0.444 e. The number of aromatic nitrogens is 1. The molecule has 2 fully saturated rings. The molecular weight excluding hydrogens is 432 g/mol. The van der Waals surface area contributed by atoms with Gasteiger partial charge in [0.1, 0.15) is 11.1 Å². The minimum atomic E-state index is -0.531. The Morgan fingerprint density at radius 1 is 1.22 bits per heavy atom. The summed E-state index contributed by atoms with van der Waals surface area (Å²) in [6.45, 7) is 8.82. The molecule has 174 valence electrons. The molecular formula is C23H31ClN4O4. The highest BCUT2D eigenvalue weighted by Crippen LogP contribution is 2.28. The molecule has 0 saturated carbocycles. The summed E-state index contributed by atoms with van der Waals surface area (Å²) in [7, 11) is 0. The highest BCUT2D eigenvalue weighted by molar-refractivity contribution is 6.31. The molecule has 1 unspecified atom stereocenters. The van der Waals surface area contributed by atoms with E-state index in [0.29, 0.717) is 43.0 Å². The molecule has 1 N–H and O–H groups in total. The fraction of sp³-hybridized carbons (Fsp3) is 0.609. The van der Waals surface area contributed by atoms with Crippen molar-refractivity contribution in [3.63, 3.8) is 0 Å². The SMILES string of the molecule is CC(C)(C)OC(=O)N1CCC(C(=O)NCC2CCN(c3nc4cc(Cl)ccc4o3)CC2)C1. The van der Waals surface area contributed by atoms with Crippen LogP contribution in [0.3, 0.4) is 0 Å². The Morgan fingerprint density at radius 2 is 1.97 bits per heavy atom. The maximum Gasteiger partial charge on any atom is 0.410 e. The lowest BCUT2D eigenvalue weighted by Gasteiger charge is -2.31. The number of anilines is 1. The summed E-state index contributed by atoms with van der Waals surface area (Å²) in [6, 6.07) is 6.06. The van der Waals surface area contributed by atoms with E-state index in [2.05, 4.69) is 15.2 Å². The van der Waals surface area contributed by atoms with Gasteiger partial charge in [0.15, 0.2) is 5.58 Å². The van der Waals surface area contributed by atoms with E-state index < -0.39 is 5.60 Å². The molecule has 4 rings (SSSR count). The molecule has 2 saturated heterocycles. The number of nitrogens with zero attached hydrogens (tertiary/aromatic N) is 3. The Labute approximate surface area is 193 Å². The van der Waals surface area contributed by atoms with Crippen molar-refractivity contribution >= 4 is 40.7 Å². The van der Waals surface area contributed by atoms with E-state index >= 15 is 0 Å². The van der Waals surface area contributed by atoms with Crippen LogP contribution in [-0.2, 0) is 9.53 Å². The minimum Gasteiger partial charge on any atom is -0.444 e. The molecule has 0 bridgehead atoms. The summed E-state index contributed by atoms with van der Waals surface area (Å²) < 4.78 is 11.3. The lowest BCUT2D eigenvalue weighted by atomic mass is 9.96. The number of piperidine rings is 1. The summed E-state index contributed by atoms with van der Waals surface area (Å²) in [6.07, 6.45) is 2.23. The number of carbonyl (C=O) groups excluding carboxylic acids is 2. The second-order valence-electron chi connectivity index (χ2n) is 9.70. The lowest BCUT2D eigenvalue weighted by molar-refractivity contribution is -0.124. The van der Waals surface area contributed by atoms with Gasteiger partial charge in [-0.3, -0.25) is 4.79 Å². The average molecular weight is 463 g/mol. The molecule has 3 heterocycles. The average Bonchev–Trinajstić information content (AvgIpc) is 3.38. The maximum atomic E-state index is 12.6. The highest BCUT2D eigenvalue weighted by Gasteiger charge is 2.33. The van der Waals surface area contributed by atoms with Crippen LogP contribution in [0.2, 0.25) is 5.02 Å². The summed E-state index contributed by atoms with van der Waals surface area (Å²) in [4.78, 5) is 33.1. The minimum absolute atomic E-state index is 0.0225. The summed E-state index contributed by atoms with van der Waals surface area (Å²) in [5, 5.41) is 3.74. The van der Waals surface area contributed by atoms with Crippen LogP contribution in [0.4, 0.5) is 10.8 Å². The Morgan fingerprint density at radius 3 is 2.69 bits per heavy atom. The molecule has 2 aliphatic rings. The van der Waals surface area contributed by atoms with Gasteiger partial charge in [-0.25, -0.2) is 4.79 Å². The van der Waals surface area contributed by atoms with Crippen molar-refractivity contribution in [1.82, 2.24) is 15.2 Å². The molecule has 9 heteroatoms. The van der Waals surface area contributed by atoms with Crippen molar-refractivity contribution in [2.24, 2.45) is 11.8 Å². The number of oxazole rings is 1. The fourth-order valence-corrected chi connectivity index (χ4v) is 4.37. The molecule has 2 aliphatic heterocycles. The zero-order valence-corrected chi connectivity index (χ0v) is 19.7. The topological polar surface area (TPSA) is 87.9 Å². The van der Waals surface area contributed by atoms with Gasteiger partial charge >= 0.3 is 6.09 Å². The third-order valence-corrected chi connectivity index (χ3v) is 6.23. The predicted octanol–water partition coefficient (Wildman–Crippen LogP) is 4.07. The quantitative estimate of drug-likeness (QED) is 0.736. The van der Waals surface area contributed by atoms with Crippen LogP contribution in [0.15, 0.2) is 22.6 Å². The van der Waals surface area contributed by atoms with Crippen molar-refractivity contribution in [3.8, 4) is 0 Å².